The number of hydrogen-bond acceptors (Lipinski definition) is 3. The zero-order valence-electron chi connectivity index (χ0n) is 14.5. The van der Waals surface area contributed by atoms with Crippen molar-refractivity contribution in [2.45, 2.75) is 72.3 Å². The fourth-order valence-electron chi connectivity index (χ4n) is 3.01. The monoisotopic (exact) mass is 304 g/mol. The van der Waals surface area contributed by atoms with Crippen LogP contribution in [0.4, 0.5) is 0 Å². The third kappa shape index (κ3) is 3.63. The second kappa shape index (κ2) is 6.72. The van der Waals surface area contributed by atoms with Crippen molar-refractivity contribution in [3.05, 3.63) is 28.3 Å². The highest BCUT2D eigenvalue weighted by atomic mass is 16.5. The van der Waals surface area contributed by atoms with Crippen LogP contribution < -0.4 is 4.74 Å². The average molecular weight is 304 g/mol. The van der Waals surface area contributed by atoms with Crippen molar-refractivity contribution in [1.82, 2.24) is 0 Å². The Labute approximate surface area is 134 Å². The third-order valence-electron chi connectivity index (χ3n) is 4.52. The van der Waals surface area contributed by atoms with Crippen LogP contribution in [-0.4, -0.2) is 18.2 Å². The Balaban J connectivity index is 2.42. The number of hydrogen-bond donors (Lipinski definition) is 0. The van der Waals surface area contributed by atoms with E-state index >= 15 is 0 Å². The molecule has 0 amide bonds. The molecule has 22 heavy (non-hydrogen) atoms. The molecule has 0 unspecified atom stereocenters. The molecule has 0 saturated carbocycles. The molecule has 0 heterocycles. The lowest BCUT2D eigenvalue weighted by molar-refractivity contribution is -0.142. The molecule has 0 fully saturated rings. The van der Waals surface area contributed by atoms with Gasteiger partial charge in [-0.25, -0.2) is 0 Å². The van der Waals surface area contributed by atoms with Gasteiger partial charge < -0.3 is 9.47 Å². The molecule has 3 nitrogen and oxygen atoms in total. The van der Waals surface area contributed by atoms with Crippen molar-refractivity contribution in [2.75, 3.05) is 6.61 Å². The Kier molecular flexibility index (Phi) is 5.15. The fraction of sp³-hybridized carbons (Fsp3) is 0.632. The van der Waals surface area contributed by atoms with E-state index in [1.54, 1.807) is 0 Å². The van der Waals surface area contributed by atoms with Gasteiger partial charge in [0.15, 0.2) is 0 Å². The molecule has 0 aromatic heterocycles. The minimum Gasteiger partial charge on any atom is -0.487 e. The molecule has 1 aromatic rings. The molecule has 122 valence electrons. The first kappa shape index (κ1) is 16.9. The summed E-state index contributed by atoms with van der Waals surface area (Å²) in [6.45, 7) is 10.7. The summed E-state index contributed by atoms with van der Waals surface area (Å²) in [7, 11) is 0. The quantitative estimate of drug-likeness (QED) is 0.740. The fourth-order valence-corrected chi connectivity index (χ4v) is 3.01. The van der Waals surface area contributed by atoms with E-state index in [2.05, 4.69) is 33.8 Å². The Morgan fingerprint density at radius 1 is 1.23 bits per heavy atom. The number of aryl methyl sites for hydroxylation is 1. The van der Waals surface area contributed by atoms with Crippen molar-refractivity contribution in [3.63, 3.8) is 0 Å². The normalized spacial score (nSPS) is 13.9. The largest absolute Gasteiger partial charge is 0.487 e. The van der Waals surface area contributed by atoms with Crippen LogP contribution >= 0.6 is 0 Å². The maximum atomic E-state index is 11.9. The van der Waals surface area contributed by atoms with Crippen LogP contribution in [0.25, 0.3) is 0 Å². The molecule has 0 radical (unpaired) electrons. The summed E-state index contributed by atoms with van der Waals surface area (Å²) < 4.78 is 11.5. The number of carbonyl (C=O) groups excluding carboxylic acids is 1. The molecule has 1 aliphatic carbocycles. The van der Waals surface area contributed by atoms with Crippen molar-refractivity contribution in [2.24, 2.45) is 0 Å². The first-order valence-corrected chi connectivity index (χ1v) is 8.36. The van der Waals surface area contributed by atoms with Crippen molar-refractivity contribution in [1.29, 1.82) is 0 Å². The average Bonchev–Trinajstić information content (AvgIpc) is 2.93. The van der Waals surface area contributed by atoms with Gasteiger partial charge in [-0.2, -0.15) is 0 Å². The van der Waals surface area contributed by atoms with Gasteiger partial charge in [0, 0.05) is 5.56 Å². The van der Waals surface area contributed by atoms with Crippen LogP contribution in [0.1, 0.15) is 62.8 Å². The van der Waals surface area contributed by atoms with Crippen LogP contribution in [0.15, 0.2) is 6.07 Å². The molecular formula is C19H28O3. The summed E-state index contributed by atoms with van der Waals surface area (Å²) in [5.41, 5.74) is 4.73. The number of carbonyl (C=O) groups is 1. The van der Waals surface area contributed by atoms with Gasteiger partial charge in [0.1, 0.15) is 11.4 Å². The molecule has 1 aromatic carbocycles. The van der Waals surface area contributed by atoms with Crippen molar-refractivity contribution < 1.29 is 14.3 Å². The van der Waals surface area contributed by atoms with E-state index in [9.17, 15) is 4.79 Å². The SMILES string of the molecule is CCOC(=O)Cc1cc(C)c2c(c1OC(C)(C)CC)CCC2. The maximum absolute atomic E-state index is 11.9. The highest BCUT2D eigenvalue weighted by Crippen LogP contribution is 2.38. The predicted octanol–water partition coefficient (Wildman–Crippen LogP) is 4.16. The highest BCUT2D eigenvalue weighted by molar-refractivity contribution is 5.74. The zero-order valence-corrected chi connectivity index (χ0v) is 14.5. The summed E-state index contributed by atoms with van der Waals surface area (Å²) in [6.07, 6.45) is 4.54. The Morgan fingerprint density at radius 3 is 2.55 bits per heavy atom. The molecule has 3 heteroatoms. The van der Waals surface area contributed by atoms with Crippen LogP contribution in [0.3, 0.4) is 0 Å². The highest BCUT2D eigenvalue weighted by Gasteiger charge is 2.27. The Morgan fingerprint density at radius 2 is 1.91 bits per heavy atom. The summed E-state index contributed by atoms with van der Waals surface area (Å²) in [5, 5.41) is 0. The number of fused-ring (bicyclic) bond motifs is 1. The van der Waals surface area contributed by atoms with Gasteiger partial charge in [-0.15, -0.1) is 0 Å². The first-order chi connectivity index (χ1) is 10.4. The van der Waals surface area contributed by atoms with Crippen molar-refractivity contribution in [3.8, 4) is 5.75 Å². The molecule has 0 saturated heterocycles. The zero-order chi connectivity index (χ0) is 16.3. The van der Waals surface area contributed by atoms with E-state index in [0.717, 1.165) is 30.6 Å². The van der Waals surface area contributed by atoms with Gasteiger partial charge in [0.25, 0.3) is 0 Å². The molecule has 1 aliphatic rings. The van der Waals surface area contributed by atoms with Gasteiger partial charge >= 0.3 is 5.97 Å². The summed E-state index contributed by atoms with van der Waals surface area (Å²) in [5.74, 6) is 0.747. The molecular weight excluding hydrogens is 276 g/mol. The Hall–Kier alpha value is -1.51. The second-order valence-corrected chi connectivity index (χ2v) is 6.69. The predicted molar refractivity (Wildman–Crippen MR) is 88.5 cm³/mol. The first-order valence-electron chi connectivity index (χ1n) is 8.36. The number of rotatable bonds is 6. The minimum atomic E-state index is -0.227. The third-order valence-corrected chi connectivity index (χ3v) is 4.52. The van der Waals surface area contributed by atoms with E-state index in [1.807, 2.05) is 6.92 Å². The summed E-state index contributed by atoms with van der Waals surface area (Å²) in [4.78, 5) is 11.9. The van der Waals surface area contributed by atoms with Gasteiger partial charge in [-0.3, -0.25) is 4.79 Å². The summed E-state index contributed by atoms with van der Waals surface area (Å²) in [6, 6.07) is 2.11. The molecule has 0 bridgehead atoms. The lowest BCUT2D eigenvalue weighted by atomic mass is 9.96. The molecule has 2 rings (SSSR count). The summed E-state index contributed by atoms with van der Waals surface area (Å²) >= 11 is 0. The lowest BCUT2D eigenvalue weighted by Gasteiger charge is -2.28. The standard InChI is InChI=1S/C19H28O3/c1-6-19(4,5)22-18-14(12-17(20)21-7-2)11-13(3)15-9-8-10-16(15)18/h11H,6-10,12H2,1-5H3. The van der Waals surface area contributed by atoms with E-state index in [4.69, 9.17) is 9.47 Å². The molecule has 0 atom stereocenters. The molecule has 0 spiro atoms. The van der Waals surface area contributed by atoms with E-state index < -0.39 is 0 Å². The van der Waals surface area contributed by atoms with Crippen LogP contribution in [0, 0.1) is 6.92 Å². The number of esters is 1. The van der Waals surface area contributed by atoms with E-state index in [0.29, 0.717) is 6.61 Å². The van der Waals surface area contributed by atoms with Crippen LogP contribution in [0.2, 0.25) is 0 Å². The van der Waals surface area contributed by atoms with Crippen LogP contribution in [0.5, 0.6) is 5.75 Å². The maximum Gasteiger partial charge on any atom is 0.310 e. The van der Waals surface area contributed by atoms with E-state index in [-0.39, 0.29) is 18.0 Å². The Bertz CT molecular complexity index is 558. The van der Waals surface area contributed by atoms with Gasteiger partial charge in [-0.05, 0) is 70.1 Å². The van der Waals surface area contributed by atoms with Crippen LogP contribution in [-0.2, 0) is 28.8 Å². The number of benzene rings is 1. The number of ether oxygens (including phenoxy) is 2. The lowest BCUT2D eigenvalue weighted by Crippen LogP contribution is -2.28. The van der Waals surface area contributed by atoms with Gasteiger partial charge in [0.2, 0.25) is 0 Å². The van der Waals surface area contributed by atoms with E-state index in [1.165, 1.54) is 23.1 Å². The van der Waals surface area contributed by atoms with Crippen molar-refractivity contribution >= 4 is 5.97 Å². The van der Waals surface area contributed by atoms with Gasteiger partial charge in [-0.1, -0.05) is 13.0 Å². The topological polar surface area (TPSA) is 35.5 Å². The molecule has 0 aliphatic heterocycles. The smallest absolute Gasteiger partial charge is 0.310 e. The second-order valence-electron chi connectivity index (χ2n) is 6.69. The minimum absolute atomic E-state index is 0.181. The van der Waals surface area contributed by atoms with Gasteiger partial charge in [0.05, 0.1) is 13.0 Å². The molecule has 0 N–H and O–H groups in total.